The van der Waals surface area contributed by atoms with Crippen LogP contribution in [-0.4, -0.2) is 26.6 Å². The highest BCUT2D eigenvalue weighted by Crippen LogP contribution is 2.25. The summed E-state index contributed by atoms with van der Waals surface area (Å²) in [5.41, 5.74) is 1.51. The van der Waals surface area contributed by atoms with Gasteiger partial charge in [0.1, 0.15) is 6.04 Å². The van der Waals surface area contributed by atoms with Crippen molar-refractivity contribution in [2.75, 3.05) is 10.6 Å². The number of benzene rings is 2. The molecule has 0 saturated carbocycles. The Bertz CT molecular complexity index is 852. The molecule has 1 amide bonds. The Morgan fingerprint density at radius 3 is 2.00 bits per heavy atom. The molecule has 1 N–H and O–H groups in total. The first kappa shape index (κ1) is 22.0. The third-order valence-electron chi connectivity index (χ3n) is 4.57. The lowest BCUT2D eigenvalue weighted by molar-refractivity contribution is -0.123. The van der Waals surface area contributed by atoms with E-state index >= 15 is 0 Å². The molecule has 28 heavy (non-hydrogen) atoms. The van der Waals surface area contributed by atoms with E-state index in [0.717, 1.165) is 18.2 Å². The molecule has 152 valence electrons. The first-order chi connectivity index (χ1) is 13.2. The molecule has 0 aliphatic rings. The van der Waals surface area contributed by atoms with Crippen LogP contribution in [0.15, 0.2) is 60.7 Å². The molecule has 0 spiro atoms. The van der Waals surface area contributed by atoms with E-state index in [1.807, 2.05) is 43.3 Å². The zero-order valence-electron chi connectivity index (χ0n) is 17.0. The zero-order chi connectivity index (χ0) is 20.7. The van der Waals surface area contributed by atoms with Gasteiger partial charge in [-0.25, -0.2) is 8.42 Å². The van der Waals surface area contributed by atoms with E-state index < -0.39 is 16.1 Å². The van der Waals surface area contributed by atoms with Crippen molar-refractivity contribution >= 4 is 21.6 Å². The van der Waals surface area contributed by atoms with E-state index in [1.165, 1.54) is 4.31 Å². The van der Waals surface area contributed by atoms with Gasteiger partial charge in [0.25, 0.3) is 0 Å². The zero-order valence-corrected chi connectivity index (χ0v) is 17.8. The molecule has 2 aromatic carbocycles. The lowest BCUT2D eigenvalue weighted by Crippen LogP contribution is -2.50. The molecule has 0 bridgehead atoms. The predicted octanol–water partition coefficient (Wildman–Crippen LogP) is 4.13. The van der Waals surface area contributed by atoms with Crippen LogP contribution in [0.1, 0.15) is 45.2 Å². The Hall–Kier alpha value is -2.34. The number of sulfonamides is 1. The largest absolute Gasteiger partial charge is 0.347 e. The number of carbonyl (C=O) groups excluding carboxylic acids is 1. The molecular formula is C22H30N2O3S. The van der Waals surface area contributed by atoms with Crippen molar-refractivity contribution in [3.05, 3.63) is 66.2 Å². The second kappa shape index (κ2) is 9.73. The molecule has 0 aromatic heterocycles. The van der Waals surface area contributed by atoms with Crippen LogP contribution < -0.4 is 9.62 Å². The normalized spacial score (nSPS) is 13.8. The second-order valence-electron chi connectivity index (χ2n) is 7.42. The van der Waals surface area contributed by atoms with E-state index in [4.69, 9.17) is 0 Å². The van der Waals surface area contributed by atoms with Gasteiger partial charge in [-0.05, 0) is 36.5 Å². The van der Waals surface area contributed by atoms with Gasteiger partial charge in [-0.2, -0.15) is 0 Å². The quantitative estimate of drug-likeness (QED) is 0.686. The van der Waals surface area contributed by atoms with Crippen LogP contribution in [0.5, 0.6) is 0 Å². The molecule has 0 fully saturated rings. The van der Waals surface area contributed by atoms with Gasteiger partial charge in [-0.3, -0.25) is 9.10 Å². The molecule has 2 rings (SSSR count). The number of hydrogen-bond acceptors (Lipinski definition) is 3. The Morgan fingerprint density at radius 2 is 1.54 bits per heavy atom. The summed E-state index contributed by atoms with van der Waals surface area (Å²) < 4.78 is 26.3. The van der Waals surface area contributed by atoms with Crippen molar-refractivity contribution in [3.8, 4) is 0 Å². The Morgan fingerprint density at radius 1 is 1.00 bits per heavy atom. The Balaban J connectivity index is 2.34. The van der Waals surface area contributed by atoms with Crippen molar-refractivity contribution in [2.45, 2.75) is 45.7 Å². The van der Waals surface area contributed by atoms with Gasteiger partial charge in [0.05, 0.1) is 18.0 Å². The third-order valence-corrected chi connectivity index (χ3v) is 5.75. The number of nitrogens with one attached hydrogen (secondary N) is 1. The van der Waals surface area contributed by atoms with E-state index in [0.29, 0.717) is 18.0 Å². The summed E-state index contributed by atoms with van der Waals surface area (Å²) in [4.78, 5) is 13.2. The van der Waals surface area contributed by atoms with Gasteiger partial charge in [0, 0.05) is 0 Å². The Kier molecular flexibility index (Phi) is 7.63. The van der Waals surface area contributed by atoms with Crippen molar-refractivity contribution in [2.24, 2.45) is 5.92 Å². The number of amides is 1. The van der Waals surface area contributed by atoms with Gasteiger partial charge in [0.2, 0.25) is 15.9 Å². The van der Waals surface area contributed by atoms with Crippen molar-refractivity contribution in [1.82, 2.24) is 5.32 Å². The molecule has 5 nitrogen and oxygen atoms in total. The summed E-state index contributed by atoms with van der Waals surface area (Å²) in [5, 5.41) is 3.09. The summed E-state index contributed by atoms with van der Waals surface area (Å²) in [7, 11) is -3.63. The number of nitrogens with zero attached hydrogens (tertiary/aromatic N) is 1. The molecular weight excluding hydrogens is 372 g/mol. The van der Waals surface area contributed by atoms with Gasteiger partial charge >= 0.3 is 0 Å². The van der Waals surface area contributed by atoms with E-state index in [1.54, 1.807) is 24.3 Å². The average molecular weight is 403 g/mol. The highest BCUT2D eigenvalue weighted by molar-refractivity contribution is 7.92. The maximum atomic E-state index is 13.2. The molecule has 2 aromatic rings. The number of carbonyl (C=O) groups is 1. The predicted molar refractivity (Wildman–Crippen MR) is 115 cm³/mol. The molecule has 0 saturated heterocycles. The molecule has 0 unspecified atom stereocenters. The van der Waals surface area contributed by atoms with Crippen LogP contribution in [0.2, 0.25) is 0 Å². The lowest BCUT2D eigenvalue weighted by Gasteiger charge is -2.32. The minimum Gasteiger partial charge on any atom is -0.347 e. The van der Waals surface area contributed by atoms with E-state index in [2.05, 4.69) is 19.2 Å². The SMILES string of the molecule is CC[C@@H](C(=O)N[C@@H](CC(C)C)c1ccccc1)N(c1ccccc1)S(C)(=O)=O. The van der Waals surface area contributed by atoms with E-state index in [9.17, 15) is 13.2 Å². The topological polar surface area (TPSA) is 66.5 Å². The molecule has 0 heterocycles. The fraction of sp³-hybridized carbons (Fsp3) is 0.409. The van der Waals surface area contributed by atoms with Crippen LogP contribution >= 0.6 is 0 Å². The van der Waals surface area contributed by atoms with Crippen LogP contribution in [0.3, 0.4) is 0 Å². The van der Waals surface area contributed by atoms with Gasteiger partial charge < -0.3 is 5.32 Å². The summed E-state index contributed by atoms with van der Waals surface area (Å²) in [6.07, 6.45) is 2.28. The smallest absolute Gasteiger partial charge is 0.244 e. The average Bonchev–Trinajstić information content (AvgIpc) is 2.65. The fourth-order valence-corrected chi connectivity index (χ4v) is 4.55. The fourth-order valence-electron chi connectivity index (χ4n) is 3.34. The van der Waals surface area contributed by atoms with Gasteiger partial charge in [-0.1, -0.05) is 69.3 Å². The molecule has 0 radical (unpaired) electrons. The highest BCUT2D eigenvalue weighted by atomic mass is 32.2. The summed E-state index contributed by atoms with van der Waals surface area (Å²) in [5.74, 6) is 0.0944. The minimum atomic E-state index is -3.63. The number of anilines is 1. The number of hydrogen-bond donors (Lipinski definition) is 1. The van der Waals surface area contributed by atoms with Crippen molar-refractivity contribution in [1.29, 1.82) is 0 Å². The van der Waals surface area contributed by atoms with Crippen LogP contribution in [0, 0.1) is 5.92 Å². The van der Waals surface area contributed by atoms with Crippen molar-refractivity contribution < 1.29 is 13.2 Å². The lowest BCUT2D eigenvalue weighted by atomic mass is 9.96. The standard InChI is InChI=1S/C22H30N2O3S/c1-5-21(24(28(4,26)27)19-14-10-7-11-15-19)22(25)23-20(16-17(2)3)18-12-8-6-9-13-18/h6-15,17,20-21H,5,16H2,1-4H3,(H,23,25)/t20-,21-/m0/s1. The van der Waals surface area contributed by atoms with E-state index in [-0.39, 0.29) is 11.9 Å². The first-order valence-electron chi connectivity index (χ1n) is 9.63. The minimum absolute atomic E-state index is 0.167. The molecule has 0 aliphatic heterocycles. The molecule has 6 heteroatoms. The number of rotatable bonds is 9. The maximum Gasteiger partial charge on any atom is 0.244 e. The second-order valence-corrected chi connectivity index (χ2v) is 9.28. The van der Waals surface area contributed by atoms with Gasteiger partial charge in [-0.15, -0.1) is 0 Å². The molecule has 0 aliphatic carbocycles. The number of para-hydroxylation sites is 1. The van der Waals surface area contributed by atoms with Crippen LogP contribution in [0.25, 0.3) is 0 Å². The molecule has 2 atom stereocenters. The Labute approximate surface area is 168 Å². The third kappa shape index (κ3) is 5.83. The maximum absolute atomic E-state index is 13.2. The monoisotopic (exact) mass is 402 g/mol. The highest BCUT2D eigenvalue weighted by Gasteiger charge is 2.32. The summed E-state index contributed by atoms with van der Waals surface area (Å²) in [6, 6.07) is 17.6. The first-order valence-corrected chi connectivity index (χ1v) is 11.5. The van der Waals surface area contributed by atoms with Crippen molar-refractivity contribution in [3.63, 3.8) is 0 Å². The summed E-state index contributed by atoms with van der Waals surface area (Å²) in [6.45, 7) is 6.03. The van der Waals surface area contributed by atoms with Crippen LogP contribution in [-0.2, 0) is 14.8 Å². The van der Waals surface area contributed by atoms with Crippen LogP contribution in [0.4, 0.5) is 5.69 Å². The summed E-state index contributed by atoms with van der Waals surface area (Å²) >= 11 is 0. The van der Waals surface area contributed by atoms with Gasteiger partial charge in [0.15, 0.2) is 0 Å².